The molecule has 0 spiro atoms. The van der Waals surface area contributed by atoms with Gasteiger partial charge in [0.05, 0.1) is 5.75 Å². The summed E-state index contributed by atoms with van der Waals surface area (Å²) in [6.07, 6.45) is 0. The molecule has 1 aliphatic rings. The average Bonchev–Trinajstić information content (AvgIpc) is 2.39. The third-order valence-corrected chi connectivity index (χ3v) is 4.84. The number of piperazine rings is 1. The van der Waals surface area contributed by atoms with Gasteiger partial charge >= 0.3 is 0 Å². The van der Waals surface area contributed by atoms with Crippen LogP contribution in [-0.4, -0.2) is 37.5 Å². The Morgan fingerprint density at radius 1 is 1.33 bits per heavy atom. The van der Waals surface area contributed by atoms with E-state index in [1.807, 2.05) is 6.07 Å². The monoisotopic (exact) mass is 268 g/mol. The predicted molar refractivity (Wildman–Crippen MR) is 68.4 cm³/mol. The maximum atomic E-state index is 12.0. The van der Waals surface area contributed by atoms with Crippen LogP contribution < -0.4 is 5.32 Å². The van der Waals surface area contributed by atoms with Crippen molar-refractivity contribution in [2.24, 2.45) is 0 Å². The third kappa shape index (κ3) is 2.39. The molecule has 0 saturated carbocycles. The van der Waals surface area contributed by atoms with Crippen molar-refractivity contribution in [1.82, 2.24) is 9.62 Å². The van der Waals surface area contributed by atoms with Crippen LogP contribution in [0.15, 0.2) is 30.3 Å². The van der Waals surface area contributed by atoms with Crippen molar-refractivity contribution < 1.29 is 13.2 Å². The zero-order chi connectivity index (χ0) is 13.2. The smallest absolute Gasteiger partial charge is 0.243 e. The van der Waals surface area contributed by atoms with Crippen LogP contribution in [0.25, 0.3) is 0 Å². The molecule has 98 valence electrons. The van der Waals surface area contributed by atoms with Crippen molar-refractivity contribution in [3.8, 4) is 0 Å². The maximum Gasteiger partial charge on any atom is 0.243 e. The number of sulfonamides is 1. The Kier molecular flexibility index (Phi) is 3.68. The second-order valence-corrected chi connectivity index (χ2v) is 6.33. The third-order valence-electron chi connectivity index (χ3n) is 3.01. The first-order chi connectivity index (χ1) is 8.56. The molecule has 18 heavy (non-hydrogen) atoms. The molecular formula is C12H16N2O3S. The van der Waals surface area contributed by atoms with Crippen LogP contribution in [0.3, 0.4) is 0 Å². The Morgan fingerprint density at radius 3 is 2.61 bits per heavy atom. The van der Waals surface area contributed by atoms with Crippen LogP contribution in [0.2, 0.25) is 0 Å². The highest BCUT2D eigenvalue weighted by molar-refractivity contribution is 7.89. The number of carbonyl (C=O) groups is 1. The average molecular weight is 268 g/mol. The van der Waals surface area contributed by atoms with Gasteiger partial charge in [0.1, 0.15) is 6.04 Å². The van der Waals surface area contributed by atoms with Gasteiger partial charge in [-0.3, -0.25) is 4.79 Å². The quantitative estimate of drug-likeness (QED) is 0.868. The maximum absolute atomic E-state index is 12.0. The summed E-state index contributed by atoms with van der Waals surface area (Å²) in [5.74, 6) is -0.256. The highest BCUT2D eigenvalue weighted by atomic mass is 32.2. The fraction of sp³-hybridized carbons (Fsp3) is 0.417. The van der Waals surface area contributed by atoms with Gasteiger partial charge in [0.2, 0.25) is 15.9 Å². The number of benzene rings is 1. The summed E-state index contributed by atoms with van der Waals surface area (Å²) in [6, 6.07) is 8.23. The summed E-state index contributed by atoms with van der Waals surface area (Å²) in [5, 5.41) is 2.71. The molecule has 2 rings (SSSR count). The van der Waals surface area contributed by atoms with E-state index in [4.69, 9.17) is 0 Å². The summed E-state index contributed by atoms with van der Waals surface area (Å²) >= 11 is 0. The topological polar surface area (TPSA) is 66.5 Å². The summed E-state index contributed by atoms with van der Waals surface area (Å²) in [5.41, 5.74) is 0.701. The number of carbonyl (C=O) groups excluding carboxylic acids is 1. The van der Waals surface area contributed by atoms with Crippen LogP contribution in [0.1, 0.15) is 18.5 Å². The molecule has 6 heteroatoms. The van der Waals surface area contributed by atoms with Gasteiger partial charge in [0.25, 0.3) is 0 Å². The first kappa shape index (κ1) is 13.0. The number of hydrogen-bond donors (Lipinski definition) is 1. The molecule has 0 bridgehead atoms. The number of amides is 1. The Balaban J connectivity index is 2.42. The van der Waals surface area contributed by atoms with Gasteiger partial charge in [0.15, 0.2) is 0 Å². The molecule has 1 aromatic rings. The second kappa shape index (κ2) is 5.07. The zero-order valence-electron chi connectivity index (χ0n) is 10.2. The van der Waals surface area contributed by atoms with Crippen molar-refractivity contribution in [2.75, 3.05) is 18.8 Å². The van der Waals surface area contributed by atoms with Crippen molar-refractivity contribution in [1.29, 1.82) is 0 Å². The Hall–Kier alpha value is -1.40. The number of rotatable bonds is 3. The molecule has 1 aromatic carbocycles. The van der Waals surface area contributed by atoms with Crippen LogP contribution >= 0.6 is 0 Å². The highest BCUT2D eigenvalue weighted by Crippen LogP contribution is 2.25. The highest BCUT2D eigenvalue weighted by Gasteiger charge is 2.37. The minimum absolute atomic E-state index is 0.00358. The molecule has 0 aromatic heterocycles. The minimum atomic E-state index is -3.38. The fourth-order valence-electron chi connectivity index (χ4n) is 2.06. The van der Waals surface area contributed by atoms with Crippen LogP contribution in [-0.2, 0) is 14.8 Å². The van der Waals surface area contributed by atoms with E-state index in [0.717, 1.165) is 0 Å². The van der Waals surface area contributed by atoms with E-state index in [-0.39, 0.29) is 11.7 Å². The molecule has 1 heterocycles. The SMILES string of the molecule is CCS(=O)(=O)N1CCNC(=O)C1c1ccccc1. The zero-order valence-corrected chi connectivity index (χ0v) is 11.0. The summed E-state index contributed by atoms with van der Waals surface area (Å²) in [4.78, 5) is 12.0. The van der Waals surface area contributed by atoms with E-state index in [1.165, 1.54) is 4.31 Å². The van der Waals surface area contributed by atoms with Gasteiger partial charge in [-0.15, -0.1) is 0 Å². The first-order valence-corrected chi connectivity index (χ1v) is 7.49. The number of nitrogens with one attached hydrogen (secondary N) is 1. The number of nitrogens with zero attached hydrogens (tertiary/aromatic N) is 1. The van der Waals surface area contributed by atoms with Crippen LogP contribution in [0.5, 0.6) is 0 Å². The molecule has 1 saturated heterocycles. The molecule has 0 radical (unpaired) electrons. The molecule has 1 fully saturated rings. The molecule has 1 amide bonds. The standard InChI is InChI=1S/C12H16N2O3S/c1-2-18(16,17)14-9-8-13-12(15)11(14)10-6-4-3-5-7-10/h3-7,11H,2,8-9H2,1H3,(H,13,15). The molecule has 0 aliphatic carbocycles. The van der Waals surface area contributed by atoms with E-state index >= 15 is 0 Å². The van der Waals surface area contributed by atoms with E-state index in [0.29, 0.717) is 18.7 Å². The fourth-order valence-corrected chi connectivity index (χ4v) is 3.30. The van der Waals surface area contributed by atoms with Crippen molar-refractivity contribution in [2.45, 2.75) is 13.0 Å². The Labute approximate surface area is 107 Å². The second-order valence-electron chi connectivity index (χ2n) is 4.12. The number of hydrogen-bond acceptors (Lipinski definition) is 3. The molecular weight excluding hydrogens is 252 g/mol. The summed E-state index contributed by atoms with van der Waals surface area (Å²) < 4.78 is 25.4. The van der Waals surface area contributed by atoms with Gasteiger partial charge in [0, 0.05) is 13.1 Å². The van der Waals surface area contributed by atoms with Crippen molar-refractivity contribution >= 4 is 15.9 Å². The Morgan fingerprint density at radius 2 is 2.00 bits per heavy atom. The largest absolute Gasteiger partial charge is 0.353 e. The van der Waals surface area contributed by atoms with E-state index in [9.17, 15) is 13.2 Å². The lowest BCUT2D eigenvalue weighted by Crippen LogP contribution is -2.52. The molecule has 1 aliphatic heterocycles. The minimum Gasteiger partial charge on any atom is -0.353 e. The molecule has 1 N–H and O–H groups in total. The lowest BCUT2D eigenvalue weighted by Gasteiger charge is -2.33. The van der Waals surface area contributed by atoms with Crippen molar-refractivity contribution in [3.05, 3.63) is 35.9 Å². The van der Waals surface area contributed by atoms with E-state index in [1.54, 1.807) is 31.2 Å². The van der Waals surface area contributed by atoms with Crippen LogP contribution in [0, 0.1) is 0 Å². The predicted octanol–water partition coefficient (Wildman–Crippen LogP) is 0.509. The summed E-state index contributed by atoms with van der Waals surface area (Å²) in [7, 11) is -3.38. The Bertz CT molecular complexity index is 528. The van der Waals surface area contributed by atoms with Crippen molar-refractivity contribution in [3.63, 3.8) is 0 Å². The lowest BCUT2D eigenvalue weighted by atomic mass is 10.1. The summed E-state index contributed by atoms with van der Waals surface area (Å²) in [6.45, 7) is 2.27. The first-order valence-electron chi connectivity index (χ1n) is 5.88. The van der Waals surface area contributed by atoms with Gasteiger partial charge < -0.3 is 5.32 Å². The van der Waals surface area contributed by atoms with Gasteiger partial charge in [-0.1, -0.05) is 30.3 Å². The molecule has 1 unspecified atom stereocenters. The normalized spacial score (nSPS) is 21.6. The van der Waals surface area contributed by atoms with E-state index in [2.05, 4.69) is 5.32 Å². The van der Waals surface area contributed by atoms with Crippen LogP contribution in [0.4, 0.5) is 0 Å². The van der Waals surface area contributed by atoms with Gasteiger partial charge in [-0.25, -0.2) is 8.42 Å². The van der Waals surface area contributed by atoms with E-state index < -0.39 is 16.1 Å². The molecule has 5 nitrogen and oxygen atoms in total. The molecule has 1 atom stereocenters. The van der Waals surface area contributed by atoms with Gasteiger partial charge in [-0.2, -0.15) is 4.31 Å². The lowest BCUT2D eigenvalue weighted by molar-refractivity contribution is -0.126. The van der Waals surface area contributed by atoms with Gasteiger partial charge in [-0.05, 0) is 12.5 Å².